The minimum atomic E-state index is -0.499. The number of benzene rings is 1. The minimum absolute atomic E-state index is 0.0179. The highest BCUT2D eigenvalue weighted by Crippen LogP contribution is 2.26. The monoisotopic (exact) mass is 310 g/mol. The van der Waals surface area contributed by atoms with Gasteiger partial charge in [0.2, 0.25) is 0 Å². The first-order valence-corrected chi connectivity index (χ1v) is 7.20. The summed E-state index contributed by atoms with van der Waals surface area (Å²) in [5.74, 6) is 1.41. The molecule has 0 aliphatic heterocycles. The molecule has 1 unspecified atom stereocenters. The Bertz CT molecular complexity index is 475. The van der Waals surface area contributed by atoms with Crippen molar-refractivity contribution in [3.8, 4) is 11.5 Å². The SMILES string of the molecule is COc1cc(NC(C)CNC(=O)OC(C)(C)C)cc(OC)c1. The van der Waals surface area contributed by atoms with E-state index in [2.05, 4.69) is 10.6 Å². The first kappa shape index (κ1) is 17.9. The van der Waals surface area contributed by atoms with E-state index in [9.17, 15) is 4.79 Å². The molecule has 1 aromatic carbocycles. The maximum Gasteiger partial charge on any atom is 0.407 e. The predicted molar refractivity (Wildman–Crippen MR) is 86.9 cm³/mol. The molecule has 0 aromatic heterocycles. The summed E-state index contributed by atoms with van der Waals surface area (Å²) in [6.45, 7) is 7.89. The number of carbonyl (C=O) groups excluding carboxylic acids is 1. The Hall–Kier alpha value is -2.11. The Morgan fingerprint density at radius 3 is 2.14 bits per heavy atom. The molecule has 0 aliphatic carbocycles. The predicted octanol–water partition coefficient (Wildman–Crippen LogP) is 3.03. The van der Waals surface area contributed by atoms with Crippen LogP contribution >= 0.6 is 0 Å². The fourth-order valence-corrected chi connectivity index (χ4v) is 1.78. The van der Waals surface area contributed by atoms with Crippen LogP contribution < -0.4 is 20.1 Å². The number of carbonyl (C=O) groups is 1. The second kappa shape index (κ2) is 7.77. The van der Waals surface area contributed by atoms with Gasteiger partial charge in [-0.2, -0.15) is 0 Å². The number of hydrogen-bond acceptors (Lipinski definition) is 5. The van der Waals surface area contributed by atoms with Gasteiger partial charge in [-0.1, -0.05) is 0 Å². The molecule has 0 saturated heterocycles. The number of methoxy groups -OCH3 is 2. The third-order valence-corrected chi connectivity index (χ3v) is 2.72. The lowest BCUT2D eigenvalue weighted by Crippen LogP contribution is -2.38. The van der Waals surface area contributed by atoms with E-state index in [1.165, 1.54) is 0 Å². The Labute approximate surface area is 132 Å². The summed E-state index contributed by atoms with van der Waals surface area (Å²) in [5.41, 5.74) is 0.357. The Kier molecular flexibility index (Phi) is 6.34. The molecule has 0 aliphatic rings. The number of alkyl carbamates (subject to hydrolysis) is 1. The number of ether oxygens (including phenoxy) is 3. The normalized spacial score (nSPS) is 12.3. The molecule has 0 saturated carbocycles. The van der Waals surface area contributed by atoms with Crippen LogP contribution in [0.1, 0.15) is 27.7 Å². The van der Waals surface area contributed by atoms with Gasteiger partial charge in [-0.15, -0.1) is 0 Å². The molecular formula is C16H26N2O4. The van der Waals surface area contributed by atoms with Crippen molar-refractivity contribution in [3.05, 3.63) is 18.2 Å². The molecule has 0 spiro atoms. The molecule has 0 heterocycles. The molecule has 124 valence electrons. The average molecular weight is 310 g/mol. The van der Waals surface area contributed by atoms with E-state index in [0.717, 1.165) is 5.69 Å². The fourth-order valence-electron chi connectivity index (χ4n) is 1.78. The molecule has 0 radical (unpaired) electrons. The van der Waals surface area contributed by atoms with Crippen LogP contribution in [0.2, 0.25) is 0 Å². The number of rotatable bonds is 6. The Morgan fingerprint density at radius 1 is 1.14 bits per heavy atom. The van der Waals surface area contributed by atoms with Crippen LogP contribution in [-0.2, 0) is 4.74 Å². The third-order valence-electron chi connectivity index (χ3n) is 2.72. The standard InChI is InChI=1S/C16H26N2O4/c1-11(10-17-15(19)22-16(2,3)4)18-12-7-13(20-5)9-14(8-12)21-6/h7-9,11,18H,10H2,1-6H3,(H,17,19). The van der Waals surface area contributed by atoms with E-state index >= 15 is 0 Å². The van der Waals surface area contributed by atoms with Gasteiger partial charge in [0.05, 0.1) is 14.2 Å². The molecule has 1 rings (SSSR count). The van der Waals surface area contributed by atoms with Gasteiger partial charge in [0.25, 0.3) is 0 Å². The minimum Gasteiger partial charge on any atom is -0.497 e. The topological polar surface area (TPSA) is 68.8 Å². The van der Waals surface area contributed by atoms with Crippen molar-refractivity contribution in [2.75, 3.05) is 26.1 Å². The molecule has 1 aromatic rings. The van der Waals surface area contributed by atoms with Crippen molar-refractivity contribution in [2.24, 2.45) is 0 Å². The summed E-state index contributed by atoms with van der Waals surface area (Å²) in [6, 6.07) is 5.55. The molecule has 22 heavy (non-hydrogen) atoms. The zero-order chi connectivity index (χ0) is 16.8. The number of amides is 1. The highest BCUT2D eigenvalue weighted by Gasteiger charge is 2.16. The van der Waals surface area contributed by atoms with E-state index in [1.807, 2.05) is 39.8 Å². The molecule has 2 N–H and O–H groups in total. The van der Waals surface area contributed by atoms with Gasteiger partial charge in [-0.05, 0) is 27.7 Å². The van der Waals surface area contributed by atoms with Gasteiger partial charge in [-0.3, -0.25) is 0 Å². The van der Waals surface area contributed by atoms with Crippen LogP contribution in [0.3, 0.4) is 0 Å². The fraction of sp³-hybridized carbons (Fsp3) is 0.562. The zero-order valence-corrected chi connectivity index (χ0v) is 14.1. The van der Waals surface area contributed by atoms with Gasteiger partial charge >= 0.3 is 6.09 Å². The lowest BCUT2D eigenvalue weighted by atomic mass is 10.2. The van der Waals surface area contributed by atoms with Crippen molar-refractivity contribution < 1.29 is 19.0 Å². The number of hydrogen-bond donors (Lipinski definition) is 2. The Balaban J connectivity index is 2.54. The van der Waals surface area contributed by atoms with Crippen molar-refractivity contribution >= 4 is 11.8 Å². The summed E-state index contributed by atoms with van der Waals surface area (Å²) in [4.78, 5) is 11.6. The largest absolute Gasteiger partial charge is 0.497 e. The van der Waals surface area contributed by atoms with E-state index in [4.69, 9.17) is 14.2 Å². The average Bonchev–Trinajstić information content (AvgIpc) is 2.42. The summed E-state index contributed by atoms with van der Waals surface area (Å²) in [5, 5.41) is 6.01. The second-order valence-electron chi connectivity index (χ2n) is 6.03. The summed E-state index contributed by atoms with van der Waals surface area (Å²) in [7, 11) is 3.21. The molecule has 1 atom stereocenters. The second-order valence-corrected chi connectivity index (χ2v) is 6.03. The van der Waals surface area contributed by atoms with Gasteiger partial charge in [0.1, 0.15) is 17.1 Å². The third kappa shape index (κ3) is 6.56. The highest BCUT2D eigenvalue weighted by molar-refractivity contribution is 5.67. The van der Waals surface area contributed by atoms with Crippen LogP contribution in [-0.4, -0.2) is 38.5 Å². The summed E-state index contributed by atoms with van der Waals surface area (Å²) < 4.78 is 15.6. The van der Waals surface area contributed by atoms with E-state index < -0.39 is 11.7 Å². The van der Waals surface area contributed by atoms with Crippen LogP contribution in [0, 0.1) is 0 Å². The van der Waals surface area contributed by atoms with Crippen LogP contribution in [0.5, 0.6) is 11.5 Å². The summed E-state index contributed by atoms with van der Waals surface area (Å²) in [6.07, 6.45) is -0.427. The van der Waals surface area contributed by atoms with Crippen molar-refractivity contribution in [2.45, 2.75) is 39.3 Å². The van der Waals surface area contributed by atoms with Crippen molar-refractivity contribution in [1.29, 1.82) is 0 Å². The van der Waals surface area contributed by atoms with Crippen molar-refractivity contribution in [3.63, 3.8) is 0 Å². The van der Waals surface area contributed by atoms with Crippen LogP contribution in [0.15, 0.2) is 18.2 Å². The molecule has 6 heteroatoms. The van der Waals surface area contributed by atoms with Crippen LogP contribution in [0.25, 0.3) is 0 Å². The molecule has 1 amide bonds. The number of anilines is 1. The lowest BCUT2D eigenvalue weighted by molar-refractivity contribution is 0.0526. The van der Waals surface area contributed by atoms with Crippen molar-refractivity contribution in [1.82, 2.24) is 5.32 Å². The zero-order valence-electron chi connectivity index (χ0n) is 14.1. The highest BCUT2D eigenvalue weighted by atomic mass is 16.6. The maximum atomic E-state index is 11.6. The molecule has 0 bridgehead atoms. The Morgan fingerprint density at radius 2 is 1.68 bits per heavy atom. The molecule has 0 fully saturated rings. The van der Waals surface area contributed by atoms with E-state index in [1.54, 1.807) is 20.3 Å². The van der Waals surface area contributed by atoms with Gasteiger partial charge in [0.15, 0.2) is 0 Å². The van der Waals surface area contributed by atoms with Gasteiger partial charge in [-0.25, -0.2) is 4.79 Å². The maximum absolute atomic E-state index is 11.6. The first-order chi connectivity index (χ1) is 10.2. The quantitative estimate of drug-likeness (QED) is 0.845. The number of nitrogens with one attached hydrogen (secondary N) is 2. The van der Waals surface area contributed by atoms with Gasteiger partial charge in [0, 0.05) is 36.5 Å². The lowest BCUT2D eigenvalue weighted by Gasteiger charge is -2.21. The first-order valence-electron chi connectivity index (χ1n) is 7.20. The van der Waals surface area contributed by atoms with Gasteiger partial charge < -0.3 is 24.8 Å². The van der Waals surface area contributed by atoms with Crippen LogP contribution in [0.4, 0.5) is 10.5 Å². The smallest absolute Gasteiger partial charge is 0.407 e. The van der Waals surface area contributed by atoms with E-state index in [0.29, 0.717) is 18.0 Å². The molecule has 6 nitrogen and oxygen atoms in total. The van der Waals surface area contributed by atoms with E-state index in [-0.39, 0.29) is 6.04 Å². The summed E-state index contributed by atoms with van der Waals surface area (Å²) >= 11 is 0. The molecular weight excluding hydrogens is 284 g/mol.